The molecule has 0 aromatic carbocycles. The highest BCUT2D eigenvalue weighted by molar-refractivity contribution is 6.00. The number of pyridine rings is 2. The van der Waals surface area contributed by atoms with Gasteiger partial charge in [0.15, 0.2) is 6.29 Å². The first kappa shape index (κ1) is 26.5. The lowest BCUT2D eigenvalue weighted by molar-refractivity contribution is -0.136. The quantitative estimate of drug-likeness (QED) is 0.552. The first-order valence-corrected chi connectivity index (χ1v) is 13.0. The van der Waals surface area contributed by atoms with Crippen LogP contribution in [-0.4, -0.2) is 98.0 Å². The fraction of sp³-hybridized carbons (Fsp3) is 0.481. The van der Waals surface area contributed by atoms with Gasteiger partial charge in [-0.05, 0) is 26.0 Å². The maximum absolute atomic E-state index is 13.0. The van der Waals surface area contributed by atoms with Crippen molar-refractivity contribution in [1.29, 1.82) is 5.26 Å². The van der Waals surface area contributed by atoms with Crippen molar-refractivity contribution in [2.75, 3.05) is 75.1 Å². The molecular formula is C27H32N8O4. The van der Waals surface area contributed by atoms with Crippen LogP contribution in [0.2, 0.25) is 0 Å². The Hall–Kier alpha value is -4.08. The first-order valence-electron chi connectivity index (χ1n) is 13.0. The summed E-state index contributed by atoms with van der Waals surface area (Å²) in [6.07, 6.45) is 4.12. The van der Waals surface area contributed by atoms with Crippen LogP contribution in [0.25, 0.3) is 0 Å². The maximum atomic E-state index is 13.0. The van der Waals surface area contributed by atoms with E-state index in [1.165, 1.54) is 11.1 Å². The Kier molecular flexibility index (Phi) is 7.45. The number of amides is 3. The number of rotatable bonds is 6. The molecule has 3 aliphatic heterocycles. The second kappa shape index (κ2) is 11.0. The summed E-state index contributed by atoms with van der Waals surface area (Å²) in [6.45, 7) is 5.16. The highest BCUT2D eigenvalue weighted by Crippen LogP contribution is 2.43. The zero-order valence-electron chi connectivity index (χ0n) is 22.2. The van der Waals surface area contributed by atoms with E-state index in [-0.39, 0.29) is 29.4 Å². The predicted molar refractivity (Wildman–Crippen MR) is 144 cm³/mol. The number of piperazine rings is 1. The summed E-state index contributed by atoms with van der Waals surface area (Å²) in [5, 5.41) is 12.4. The fourth-order valence-corrected chi connectivity index (χ4v) is 5.33. The first-order chi connectivity index (χ1) is 18.8. The second-order valence-electron chi connectivity index (χ2n) is 10.5. The molecule has 0 bridgehead atoms. The highest BCUT2D eigenvalue weighted by Gasteiger charge is 2.44. The number of aldehydes is 1. The van der Waals surface area contributed by atoms with Crippen molar-refractivity contribution in [3.05, 3.63) is 41.2 Å². The van der Waals surface area contributed by atoms with Gasteiger partial charge in [0.2, 0.25) is 5.91 Å². The molecule has 3 amide bonds. The van der Waals surface area contributed by atoms with Crippen molar-refractivity contribution in [2.45, 2.75) is 19.4 Å². The van der Waals surface area contributed by atoms with E-state index < -0.39 is 6.03 Å². The summed E-state index contributed by atoms with van der Waals surface area (Å²) in [6, 6.07) is 6.79. The Morgan fingerprint density at radius 1 is 1.28 bits per heavy atom. The number of hydrogen-bond donors (Lipinski definition) is 1. The Morgan fingerprint density at radius 2 is 2.05 bits per heavy atom. The third-order valence-electron chi connectivity index (χ3n) is 7.81. The molecule has 5 heterocycles. The Balaban J connectivity index is 1.26. The Labute approximate surface area is 227 Å². The fourth-order valence-electron chi connectivity index (χ4n) is 5.33. The van der Waals surface area contributed by atoms with Crippen molar-refractivity contribution >= 4 is 35.5 Å². The molecule has 12 heteroatoms. The lowest BCUT2D eigenvalue weighted by Crippen LogP contribution is -2.58. The topological polar surface area (TPSA) is 135 Å². The molecule has 204 valence electrons. The number of nitrogens with one attached hydrogen (secondary N) is 1. The van der Waals surface area contributed by atoms with Crippen LogP contribution < -0.4 is 15.1 Å². The molecule has 0 radical (unpaired) electrons. The monoisotopic (exact) mass is 532 g/mol. The number of nitrogens with zero attached hydrogens (tertiary/aromatic N) is 7. The van der Waals surface area contributed by atoms with E-state index in [1.807, 2.05) is 11.9 Å². The largest absolute Gasteiger partial charge is 0.381 e. The van der Waals surface area contributed by atoms with Crippen LogP contribution in [0.4, 0.5) is 22.1 Å². The Morgan fingerprint density at radius 3 is 2.74 bits per heavy atom. The van der Waals surface area contributed by atoms with Crippen LogP contribution in [0.15, 0.2) is 24.4 Å². The van der Waals surface area contributed by atoms with Crippen LogP contribution in [0.1, 0.15) is 34.5 Å². The van der Waals surface area contributed by atoms with Crippen molar-refractivity contribution in [1.82, 2.24) is 19.8 Å². The van der Waals surface area contributed by atoms with Gasteiger partial charge in [-0.2, -0.15) is 5.26 Å². The van der Waals surface area contributed by atoms with Gasteiger partial charge in [0.1, 0.15) is 23.4 Å². The summed E-state index contributed by atoms with van der Waals surface area (Å²) < 4.78 is 5.50. The van der Waals surface area contributed by atoms with Crippen molar-refractivity contribution in [2.24, 2.45) is 5.41 Å². The molecule has 3 fully saturated rings. The minimum Gasteiger partial charge on any atom is -0.381 e. The second-order valence-corrected chi connectivity index (χ2v) is 10.5. The number of urea groups is 1. The van der Waals surface area contributed by atoms with Gasteiger partial charge in [0.25, 0.3) is 0 Å². The average Bonchev–Trinajstić information content (AvgIpc) is 2.93. The standard InChI is InChI=1S/C27H32N8O4/c1-32-7-8-34(25(37)15-32)14-19-3-4-24(30-21(19)16-36)33(2)26(38)31-23-11-22(20(12-28)13-29-23)35-17-27(18-35)5-9-39-10-6-27/h3-4,11,13,16H,5-10,14-15,17-18H2,1-2H3,(H,29,31,38). The van der Waals surface area contributed by atoms with E-state index in [9.17, 15) is 19.6 Å². The highest BCUT2D eigenvalue weighted by atomic mass is 16.5. The summed E-state index contributed by atoms with van der Waals surface area (Å²) in [5.41, 5.74) is 2.22. The van der Waals surface area contributed by atoms with E-state index in [0.29, 0.717) is 36.3 Å². The van der Waals surface area contributed by atoms with Crippen LogP contribution in [-0.2, 0) is 16.1 Å². The van der Waals surface area contributed by atoms with Crippen molar-refractivity contribution in [3.63, 3.8) is 0 Å². The van der Waals surface area contributed by atoms with Crippen LogP contribution in [0.3, 0.4) is 0 Å². The zero-order chi connectivity index (χ0) is 27.6. The third kappa shape index (κ3) is 5.55. The molecule has 0 aliphatic carbocycles. The lowest BCUT2D eigenvalue weighted by atomic mass is 9.73. The molecule has 0 saturated carbocycles. The van der Waals surface area contributed by atoms with Gasteiger partial charge in [0, 0.05) is 76.2 Å². The van der Waals surface area contributed by atoms with Crippen molar-refractivity contribution < 1.29 is 19.1 Å². The molecule has 12 nitrogen and oxygen atoms in total. The van der Waals surface area contributed by atoms with Crippen LogP contribution in [0.5, 0.6) is 0 Å². The molecule has 5 rings (SSSR count). The number of likely N-dealkylation sites (N-methyl/N-ethyl adjacent to an activating group) is 1. The van der Waals surface area contributed by atoms with Gasteiger partial charge >= 0.3 is 6.03 Å². The minimum atomic E-state index is -0.492. The lowest BCUT2D eigenvalue weighted by Gasteiger charge is -2.53. The summed E-state index contributed by atoms with van der Waals surface area (Å²) in [7, 11) is 3.44. The van der Waals surface area contributed by atoms with Gasteiger partial charge in [0.05, 0.1) is 17.8 Å². The molecule has 1 N–H and O–H groups in total. The summed E-state index contributed by atoms with van der Waals surface area (Å²) >= 11 is 0. The van der Waals surface area contributed by atoms with E-state index in [2.05, 4.69) is 26.3 Å². The molecule has 0 atom stereocenters. The van der Waals surface area contributed by atoms with Gasteiger partial charge in [-0.15, -0.1) is 0 Å². The number of nitriles is 1. The van der Waals surface area contributed by atoms with Gasteiger partial charge < -0.3 is 14.5 Å². The van der Waals surface area contributed by atoms with Crippen LogP contribution in [0, 0.1) is 16.7 Å². The molecule has 2 aromatic rings. The number of anilines is 3. The van der Waals surface area contributed by atoms with Gasteiger partial charge in [-0.3, -0.25) is 24.7 Å². The number of carbonyl (C=O) groups excluding carboxylic acids is 3. The van der Waals surface area contributed by atoms with E-state index >= 15 is 0 Å². The summed E-state index contributed by atoms with van der Waals surface area (Å²) in [5.74, 6) is 0.590. The molecule has 3 saturated heterocycles. The van der Waals surface area contributed by atoms with Crippen LogP contribution >= 0.6 is 0 Å². The van der Waals surface area contributed by atoms with E-state index in [1.54, 1.807) is 30.1 Å². The predicted octanol–water partition coefficient (Wildman–Crippen LogP) is 1.72. The van der Waals surface area contributed by atoms with Gasteiger partial charge in [-0.25, -0.2) is 14.8 Å². The molecule has 39 heavy (non-hydrogen) atoms. The molecule has 0 unspecified atom stereocenters. The van der Waals surface area contributed by atoms with E-state index in [0.717, 1.165) is 51.4 Å². The Bertz CT molecular complexity index is 1310. The molecule has 3 aliphatic rings. The molecular weight excluding hydrogens is 500 g/mol. The number of ether oxygens (including phenoxy) is 1. The SMILES string of the molecule is CN1CCN(Cc2ccc(N(C)C(=O)Nc3cc(N4CC5(CCOCC5)C4)c(C#N)cn3)nc2C=O)C(=O)C1. The number of aromatic nitrogens is 2. The minimum absolute atomic E-state index is 0.00314. The van der Waals surface area contributed by atoms with Crippen molar-refractivity contribution in [3.8, 4) is 6.07 Å². The molecule has 2 aromatic heterocycles. The van der Waals surface area contributed by atoms with E-state index in [4.69, 9.17) is 4.74 Å². The normalized spacial score (nSPS) is 18.8. The number of carbonyl (C=O) groups is 3. The smallest absolute Gasteiger partial charge is 0.328 e. The molecule has 1 spiro atoms. The van der Waals surface area contributed by atoms with Gasteiger partial charge in [-0.1, -0.05) is 6.07 Å². The average molecular weight is 533 g/mol. The summed E-state index contributed by atoms with van der Waals surface area (Å²) in [4.78, 5) is 52.9. The third-order valence-corrected chi connectivity index (χ3v) is 7.81. The maximum Gasteiger partial charge on any atom is 0.328 e. The zero-order valence-corrected chi connectivity index (χ0v) is 22.2. The number of hydrogen-bond acceptors (Lipinski definition) is 9.